The van der Waals surface area contributed by atoms with Gasteiger partial charge < -0.3 is 4.52 Å². The van der Waals surface area contributed by atoms with Crippen LogP contribution in [0.25, 0.3) is 10.9 Å². The fourth-order valence-electron chi connectivity index (χ4n) is 2.44. The number of thioether (sulfide) groups is 1. The Kier molecular flexibility index (Phi) is 5.00. The second-order valence-electron chi connectivity index (χ2n) is 7.08. The van der Waals surface area contributed by atoms with Crippen molar-refractivity contribution in [3.63, 3.8) is 0 Å². The van der Waals surface area contributed by atoms with Crippen LogP contribution in [0.1, 0.15) is 44.7 Å². The molecule has 0 amide bonds. The van der Waals surface area contributed by atoms with Crippen LogP contribution in [0.5, 0.6) is 0 Å². The van der Waals surface area contributed by atoms with Crippen molar-refractivity contribution in [3.8, 4) is 0 Å². The minimum Gasteiger partial charge on any atom is -0.338 e. The zero-order valence-corrected chi connectivity index (χ0v) is 16.2. The van der Waals surface area contributed by atoms with Gasteiger partial charge in [-0.05, 0) is 19.1 Å². The van der Waals surface area contributed by atoms with Gasteiger partial charge in [-0.2, -0.15) is 4.98 Å². The van der Waals surface area contributed by atoms with Crippen LogP contribution in [-0.4, -0.2) is 19.7 Å². The highest BCUT2D eigenvalue weighted by Gasteiger charge is 2.24. The first-order valence-corrected chi connectivity index (χ1v) is 9.30. The van der Waals surface area contributed by atoms with E-state index in [1.54, 1.807) is 16.7 Å². The van der Waals surface area contributed by atoms with E-state index in [1.807, 2.05) is 45.9 Å². The molecule has 26 heavy (non-hydrogen) atoms. The highest BCUT2D eigenvalue weighted by Crippen LogP contribution is 2.34. The number of rotatable bonds is 5. The van der Waals surface area contributed by atoms with Crippen molar-refractivity contribution < 1.29 is 4.52 Å². The maximum absolute atomic E-state index is 12.8. The molecule has 0 aliphatic rings. The Balaban J connectivity index is 1.99. The monoisotopic (exact) mass is 370 g/mol. The van der Waals surface area contributed by atoms with Crippen LogP contribution in [-0.2, 0) is 12.0 Å². The number of allylic oxidation sites excluding steroid dienone is 1. The van der Waals surface area contributed by atoms with Crippen molar-refractivity contribution in [2.75, 3.05) is 0 Å². The molecular formula is C19H22N4O2S. The molecule has 0 saturated heterocycles. The Bertz CT molecular complexity index is 1000. The summed E-state index contributed by atoms with van der Waals surface area (Å²) in [4.78, 5) is 22.0. The molecule has 0 bridgehead atoms. The summed E-state index contributed by atoms with van der Waals surface area (Å²) < 4.78 is 7.05. The van der Waals surface area contributed by atoms with Gasteiger partial charge in [-0.1, -0.05) is 55.9 Å². The summed E-state index contributed by atoms with van der Waals surface area (Å²) in [6, 6.07) is 7.34. The molecule has 0 spiro atoms. The second-order valence-corrected chi connectivity index (χ2v) is 8.39. The van der Waals surface area contributed by atoms with Crippen molar-refractivity contribution in [2.24, 2.45) is 0 Å². The van der Waals surface area contributed by atoms with E-state index >= 15 is 0 Å². The molecule has 0 aliphatic heterocycles. The third-order valence-electron chi connectivity index (χ3n) is 3.88. The number of fused-ring (bicyclic) bond motifs is 1. The van der Waals surface area contributed by atoms with Crippen molar-refractivity contribution in [3.05, 3.63) is 59.0 Å². The normalized spacial score (nSPS) is 13.1. The lowest BCUT2D eigenvalue weighted by molar-refractivity contribution is 0.364. The molecule has 0 radical (unpaired) electrons. The number of hydrogen-bond donors (Lipinski definition) is 0. The third-order valence-corrected chi connectivity index (χ3v) is 4.96. The van der Waals surface area contributed by atoms with E-state index in [1.165, 1.54) is 11.8 Å². The van der Waals surface area contributed by atoms with Crippen LogP contribution in [0.15, 0.2) is 51.4 Å². The number of para-hydroxylation sites is 1. The van der Waals surface area contributed by atoms with Gasteiger partial charge in [-0.15, -0.1) is 6.58 Å². The van der Waals surface area contributed by atoms with E-state index in [2.05, 4.69) is 21.7 Å². The van der Waals surface area contributed by atoms with Crippen molar-refractivity contribution in [1.82, 2.24) is 19.7 Å². The van der Waals surface area contributed by atoms with Gasteiger partial charge in [0.2, 0.25) is 5.89 Å². The third kappa shape index (κ3) is 3.58. The lowest BCUT2D eigenvalue weighted by atomic mass is 9.96. The van der Waals surface area contributed by atoms with E-state index < -0.39 is 0 Å². The molecule has 0 aliphatic carbocycles. The van der Waals surface area contributed by atoms with Crippen molar-refractivity contribution in [2.45, 2.75) is 50.1 Å². The molecule has 0 saturated carbocycles. The van der Waals surface area contributed by atoms with Crippen LogP contribution in [0.3, 0.4) is 0 Å². The van der Waals surface area contributed by atoms with E-state index in [4.69, 9.17) is 4.52 Å². The van der Waals surface area contributed by atoms with Crippen molar-refractivity contribution >= 4 is 22.7 Å². The molecule has 3 rings (SSSR count). The average molecular weight is 370 g/mol. The standard InChI is InChI=1S/C19H22N4O2S/c1-6-11-23-16(24)13-9-7-8-10-14(13)20-18(23)26-12(2)15-21-17(22-25-15)19(3,4)5/h6-10,12H,1,11H2,2-5H3. The van der Waals surface area contributed by atoms with E-state index in [-0.39, 0.29) is 16.2 Å². The smallest absolute Gasteiger partial charge is 0.262 e. The van der Waals surface area contributed by atoms with Crippen LogP contribution < -0.4 is 5.56 Å². The molecule has 1 atom stereocenters. The molecule has 6 nitrogen and oxygen atoms in total. The molecule has 2 aromatic heterocycles. The summed E-state index contributed by atoms with van der Waals surface area (Å²) in [7, 11) is 0. The minimum absolute atomic E-state index is 0.0777. The van der Waals surface area contributed by atoms with Gasteiger partial charge in [0.25, 0.3) is 5.56 Å². The largest absolute Gasteiger partial charge is 0.338 e. The number of hydrogen-bond acceptors (Lipinski definition) is 6. The van der Waals surface area contributed by atoms with E-state index in [9.17, 15) is 4.79 Å². The van der Waals surface area contributed by atoms with E-state index in [0.717, 1.165) is 0 Å². The Morgan fingerprint density at radius 3 is 2.69 bits per heavy atom. The molecule has 3 aromatic rings. The Labute approximate surface area is 156 Å². The summed E-state index contributed by atoms with van der Waals surface area (Å²) in [5.41, 5.74) is 0.415. The lowest BCUT2D eigenvalue weighted by Gasteiger charge is -2.13. The number of nitrogens with zero attached hydrogens (tertiary/aromatic N) is 4. The van der Waals surface area contributed by atoms with Crippen LogP contribution in [0, 0.1) is 0 Å². The van der Waals surface area contributed by atoms with Gasteiger partial charge in [0.1, 0.15) is 0 Å². The first-order valence-electron chi connectivity index (χ1n) is 8.42. The van der Waals surface area contributed by atoms with E-state index in [0.29, 0.717) is 34.3 Å². The highest BCUT2D eigenvalue weighted by atomic mass is 32.2. The van der Waals surface area contributed by atoms with Crippen molar-refractivity contribution in [1.29, 1.82) is 0 Å². The Morgan fingerprint density at radius 2 is 2.04 bits per heavy atom. The maximum atomic E-state index is 12.8. The van der Waals surface area contributed by atoms with Gasteiger partial charge in [0.15, 0.2) is 11.0 Å². The Hall–Kier alpha value is -2.41. The van der Waals surface area contributed by atoms with Gasteiger partial charge in [-0.25, -0.2) is 4.98 Å². The molecule has 1 aromatic carbocycles. The predicted octanol–water partition coefficient (Wildman–Crippen LogP) is 4.12. The van der Waals surface area contributed by atoms with Gasteiger partial charge in [-0.3, -0.25) is 9.36 Å². The fourth-order valence-corrected chi connectivity index (χ4v) is 3.39. The summed E-state index contributed by atoms with van der Waals surface area (Å²) in [5.74, 6) is 1.18. The zero-order chi connectivity index (χ0) is 18.9. The van der Waals surface area contributed by atoms with Gasteiger partial charge in [0, 0.05) is 12.0 Å². The molecule has 0 fully saturated rings. The average Bonchev–Trinajstić information content (AvgIpc) is 3.09. The zero-order valence-electron chi connectivity index (χ0n) is 15.4. The molecule has 2 heterocycles. The summed E-state index contributed by atoms with van der Waals surface area (Å²) in [5, 5.41) is 5.14. The molecule has 136 valence electrons. The number of benzene rings is 1. The SMILES string of the molecule is C=CCn1c(SC(C)c2nc(C(C)(C)C)no2)nc2ccccc2c1=O. The second kappa shape index (κ2) is 7.07. The number of aromatic nitrogens is 4. The van der Waals surface area contributed by atoms with Gasteiger partial charge in [0.05, 0.1) is 16.2 Å². The molecule has 7 heteroatoms. The maximum Gasteiger partial charge on any atom is 0.262 e. The summed E-state index contributed by atoms with van der Waals surface area (Å²) in [6.07, 6.45) is 1.69. The topological polar surface area (TPSA) is 73.8 Å². The quantitative estimate of drug-likeness (QED) is 0.382. The molecular weight excluding hydrogens is 348 g/mol. The van der Waals surface area contributed by atoms with Crippen LogP contribution >= 0.6 is 11.8 Å². The lowest BCUT2D eigenvalue weighted by Crippen LogP contribution is -2.23. The van der Waals surface area contributed by atoms with Crippen LogP contribution in [0.4, 0.5) is 0 Å². The Morgan fingerprint density at radius 1 is 1.31 bits per heavy atom. The van der Waals surface area contributed by atoms with Gasteiger partial charge >= 0.3 is 0 Å². The minimum atomic E-state index is -0.182. The summed E-state index contributed by atoms with van der Waals surface area (Å²) in [6.45, 7) is 12.2. The predicted molar refractivity (Wildman–Crippen MR) is 103 cm³/mol. The first kappa shape index (κ1) is 18.4. The first-order chi connectivity index (χ1) is 12.3. The molecule has 0 N–H and O–H groups in total. The molecule has 1 unspecified atom stereocenters. The highest BCUT2D eigenvalue weighted by molar-refractivity contribution is 7.99. The summed E-state index contributed by atoms with van der Waals surface area (Å²) >= 11 is 1.42. The van der Waals surface area contributed by atoms with Crippen LogP contribution in [0.2, 0.25) is 0 Å². The fraction of sp³-hybridized carbons (Fsp3) is 0.368.